The van der Waals surface area contributed by atoms with Crippen molar-refractivity contribution in [3.63, 3.8) is 0 Å². The van der Waals surface area contributed by atoms with Crippen LogP contribution in [-0.4, -0.2) is 69.0 Å². The van der Waals surface area contributed by atoms with E-state index in [-0.39, 0.29) is 12.0 Å². The summed E-state index contributed by atoms with van der Waals surface area (Å²) in [6, 6.07) is 7.75. The van der Waals surface area contributed by atoms with Crippen molar-refractivity contribution < 1.29 is 19.0 Å². The van der Waals surface area contributed by atoms with Crippen molar-refractivity contribution in [2.24, 2.45) is 5.92 Å². The number of rotatable bonds is 9. The lowest BCUT2D eigenvalue weighted by molar-refractivity contribution is 0.0124. The van der Waals surface area contributed by atoms with E-state index in [4.69, 9.17) is 14.2 Å². The molecule has 0 saturated carbocycles. The Morgan fingerprint density at radius 2 is 2.11 bits per heavy atom. The van der Waals surface area contributed by atoms with E-state index in [1.54, 1.807) is 0 Å². The van der Waals surface area contributed by atoms with Crippen LogP contribution in [0.25, 0.3) is 0 Å². The van der Waals surface area contributed by atoms with Gasteiger partial charge in [-0.1, -0.05) is 19.9 Å². The van der Waals surface area contributed by atoms with Crippen molar-refractivity contribution in [3.8, 4) is 5.75 Å². The Bertz CT molecular complexity index is 610. The van der Waals surface area contributed by atoms with E-state index in [0.29, 0.717) is 30.7 Å². The molecule has 1 N–H and O–H groups in total. The first-order chi connectivity index (χ1) is 13.6. The molecule has 0 aliphatic carbocycles. The molecule has 1 aromatic carbocycles. The van der Waals surface area contributed by atoms with E-state index in [2.05, 4.69) is 24.1 Å². The van der Waals surface area contributed by atoms with Gasteiger partial charge in [-0.25, -0.2) is 0 Å². The fraction of sp³-hybridized carbons (Fsp3) is 0.682. The summed E-state index contributed by atoms with van der Waals surface area (Å²) in [4.78, 5) is 15.1. The van der Waals surface area contributed by atoms with Crippen LogP contribution in [-0.2, 0) is 9.47 Å². The second kappa shape index (κ2) is 10.8. The number of hydrogen-bond acceptors (Lipinski definition) is 5. The highest BCUT2D eigenvalue weighted by Gasteiger charge is 2.23. The molecule has 3 rings (SSSR count). The smallest absolute Gasteiger partial charge is 0.251 e. The molecule has 2 atom stereocenters. The lowest BCUT2D eigenvalue weighted by atomic mass is 10.0. The van der Waals surface area contributed by atoms with Crippen LogP contribution >= 0.6 is 0 Å². The van der Waals surface area contributed by atoms with Crippen LogP contribution < -0.4 is 10.1 Å². The van der Waals surface area contributed by atoms with Crippen molar-refractivity contribution in [3.05, 3.63) is 29.8 Å². The van der Waals surface area contributed by atoms with Gasteiger partial charge in [-0.05, 0) is 43.4 Å². The molecule has 2 aliphatic heterocycles. The minimum absolute atomic E-state index is 0.0513. The average molecular weight is 391 g/mol. The summed E-state index contributed by atoms with van der Waals surface area (Å²) in [6.45, 7) is 9.86. The summed E-state index contributed by atoms with van der Waals surface area (Å²) >= 11 is 0. The molecule has 6 nitrogen and oxygen atoms in total. The molecule has 0 bridgehead atoms. The molecule has 0 radical (unpaired) electrons. The number of nitrogens with zero attached hydrogens (tertiary/aromatic N) is 1. The van der Waals surface area contributed by atoms with Gasteiger partial charge in [0, 0.05) is 37.8 Å². The van der Waals surface area contributed by atoms with Crippen LogP contribution in [0, 0.1) is 5.92 Å². The standard InChI is InChI=1S/C22H34N2O4/c1-17(2)13-19(24-8-11-26-12-9-24)15-23-22(25)18-5-3-6-20(14-18)28-16-21-7-4-10-27-21/h3,5-6,14,17,19,21H,4,7-13,15-16H2,1-2H3,(H,23,25). The molecule has 0 aromatic heterocycles. The van der Waals surface area contributed by atoms with Gasteiger partial charge in [0.15, 0.2) is 0 Å². The van der Waals surface area contributed by atoms with Gasteiger partial charge in [-0.3, -0.25) is 9.69 Å². The molecule has 2 heterocycles. The summed E-state index contributed by atoms with van der Waals surface area (Å²) < 4.78 is 16.9. The molecule has 6 heteroatoms. The largest absolute Gasteiger partial charge is 0.491 e. The lowest BCUT2D eigenvalue weighted by Gasteiger charge is -2.35. The molecule has 2 aliphatic rings. The first-order valence-corrected chi connectivity index (χ1v) is 10.6. The zero-order valence-corrected chi connectivity index (χ0v) is 17.2. The quantitative estimate of drug-likeness (QED) is 0.703. The zero-order chi connectivity index (χ0) is 19.8. The van der Waals surface area contributed by atoms with Crippen molar-refractivity contribution in [2.75, 3.05) is 46.1 Å². The Kier molecular flexibility index (Phi) is 8.13. The Morgan fingerprint density at radius 3 is 2.82 bits per heavy atom. The van der Waals surface area contributed by atoms with Gasteiger partial charge in [-0.2, -0.15) is 0 Å². The highest BCUT2D eigenvalue weighted by atomic mass is 16.5. The number of benzene rings is 1. The third-order valence-electron chi connectivity index (χ3n) is 5.36. The first kappa shape index (κ1) is 21.1. The molecule has 2 unspecified atom stereocenters. The van der Waals surface area contributed by atoms with E-state index in [9.17, 15) is 4.79 Å². The van der Waals surface area contributed by atoms with Crippen molar-refractivity contribution in [2.45, 2.75) is 45.3 Å². The molecular formula is C22H34N2O4. The number of carbonyl (C=O) groups is 1. The topological polar surface area (TPSA) is 60.0 Å². The molecule has 0 spiro atoms. The third-order valence-corrected chi connectivity index (χ3v) is 5.36. The summed E-state index contributed by atoms with van der Waals surface area (Å²) in [5, 5.41) is 3.12. The normalized spacial score (nSPS) is 21.6. The number of morpholine rings is 1. The van der Waals surface area contributed by atoms with Crippen LogP contribution in [0.5, 0.6) is 5.75 Å². The maximum absolute atomic E-state index is 12.7. The second-order valence-electron chi connectivity index (χ2n) is 8.12. The van der Waals surface area contributed by atoms with Crippen LogP contribution in [0.2, 0.25) is 0 Å². The van der Waals surface area contributed by atoms with Crippen LogP contribution in [0.15, 0.2) is 24.3 Å². The van der Waals surface area contributed by atoms with Gasteiger partial charge < -0.3 is 19.5 Å². The minimum atomic E-state index is -0.0513. The zero-order valence-electron chi connectivity index (χ0n) is 17.2. The Morgan fingerprint density at radius 1 is 1.29 bits per heavy atom. The first-order valence-electron chi connectivity index (χ1n) is 10.6. The lowest BCUT2D eigenvalue weighted by Crippen LogP contribution is -2.49. The van der Waals surface area contributed by atoms with Crippen LogP contribution in [0.3, 0.4) is 0 Å². The maximum atomic E-state index is 12.7. The second-order valence-corrected chi connectivity index (χ2v) is 8.12. The average Bonchev–Trinajstić information content (AvgIpc) is 3.23. The van der Waals surface area contributed by atoms with E-state index in [1.165, 1.54) is 0 Å². The van der Waals surface area contributed by atoms with Gasteiger partial charge in [0.05, 0.1) is 19.3 Å². The SMILES string of the molecule is CC(C)CC(CNC(=O)c1cccc(OCC2CCCO2)c1)N1CCOCC1. The highest BCUT2D eigenvalue weighted by Crippen LogP contribution is 2.18. The molecule has 2 saturated heterocycles. The summed E-state index contributed by atoms with van der Waals surface area (Å²) in [5.74, 6) is 1.25. The van der Waals surface area contributed by atoms with Crippen LogP contribution in [0.4, 0.5) is 0 Å². The molecular weight excluding hydrogens is 356 g/mol. The number of amides is 1. The fourth-order valence-corrected chi connectivity index (χ4v) is 3.85. The Hall–Kier alpha value is -1.63. The van der Waals surface area contributed by atoms with E-state index in [1.807, 2.05) is 24.3 Å². The number of carbonyl (C=O) groups excluding carboxylic acids is 1. The molecule has 28 heavy (non-hydrogen) atoms. The maximum Gasteiger partial charge on any atom is 0.251 e. The summed E-state index contributed by atoms with van der Waals surface area (Å²) in [7, 11) is 0. The van der Waals surface area contributed by atoms with Gasteiger partial charge in [0.25, 0.3) is 5.91 Å². The third kappa shape index (κ3) is 6.47. The fourth-order valence-electron chi connectivity index (χ4n) is 3.85. The van der Waals surface area contributed by atoms with Gasteiger partial charge in [0.1, 0.15) is 12.4 Å². The van der Waals surface area contributed by atoms with Crippen LogP contribution in [0.1, 0.15) is 43.5 Å². The van der Waals surface area contributed by atoms with Gasteiger partial charge in [0.2, 0.25) is 0 Å². The Balaban J connectivity index is 1.52. The number of nitrogens with one attached hydrogen (secondary N) is 1. The molecule has 2 fully saturated rings. The molecule has 1 amide bonds. The van der Waals surface area contributed by atoms with Crippen molar-refractivity contribution in [1.82, 2.24) is 10.2 Å². The van der Waals surface area contributed by atoms with E-state index < -0.39 is 0 Å². The van der Waals surface area contributed by atoms with Crippen molar-refractivity contribution in [1.29, 1.82) is 0 Å². The van der Waals surface area contributed by atoms with E-state index in [0.717, 1.165) is 57.9 Å². The number of hydrogen-bond donors (Lipinski definition) is 1. The van der Waals surface area contributed by atoms with E-state index >= 15 is 0 Å². The monoisotopic (exact) mass is 390 g/mol. The number of ether oxygens (including phenoxy) is 3. The Labute approximate surface area is 168 Å². The molecule has 1 aromatic rings. The summed E-state index contributed by atoms with van der Waals surface area (Å²) in [6.07, 6.45) is 3.36. The summed E-state index contributed by atoms with van der Waals surface area (Å²) in [5.41, 5.74) is 0.634. The highest BCUT2D eigenvalue weighted by molar-refractivity contribution is 5.94. The predicted octanol–water partition coefficient (Wildman–Crippen LogP) is 2.72. The van der Waals surface area contributed by atoms with Gasteiger partial charge >= 0.3 is 0 Å². The van der Waals surface area contributed by atoms with Gasteiger partial charge in [-0.15, -0.1) is 0 Å². The molecule has 156 valence electrons. The van der Waals surface area contributed by atoms with Crippen molar-refractivity contribution >= 4 is 5.91 Å². The predicted molar refractivity (Wildman–Crippen MR) is 109 cm³/mol. The minimum Gasteiger partial charge on any atom is -0.491 e.